The Morgan fingerprint density at radius 1 is 0.511 bits per heavy atom. The van der Waals surface area contributed by atoms with E-state index >= 15 is 0 Å². The first-order valence-corrected chi connectivity index (χ1v) is 31.9. The van der Waals surface area contributed by atoms with Gasteiger partial charge in [0.1, 0.15) is 48.3 Å². The van der Waals surface area contributed by atoms with Gasteiger partial charge in [0.2, 0.25) is 59.1 Å². The lowest BCUT2D eigenvalue weighted by Crippen LogP contribution is -2.62. The van der Waals surface area contributed by atoms with Gasteiger partial charge in [-0.1, -0.05) is 27.7 Å². The molecule has 1 aromatic rings. The van der Waals surface area contributed by atoms with Crippen LogP contribution in [0.25, 0.3) is 0 Å². The van der Waals surface area contributed by atoms with Crippen molar-refractivity contribution < 1.29 is 112 Å². The number of aliphatic carboxylic acids is 5. The van der Waals surface area contributed by atoms with E-state index in [1.54, 1.807) is 6.26 Å². The third-order valence-corrected chi connectivity index (χ3v) is 15.8. The molecule has 2 saturated heterocycles. The molecule has 0 unspecified atom stereocenters. The van der Waals surface area contributed by atoms with Crippen molar-refractivity contribution in [2.75, 3.05) is 25.1 Å². The fourth-order valence-corrected chi connectivity index (χ4v) is 10.5. The lowest BCUT2D eigenvalue weighted by Gasteiger charge is -2.32. The SMILES string of the molecule is CSCC[C@@H]1NC(=O)[C@H](C(C)C)NC(=O)[C@H](CC(=O)O)NCCCCC(=O)[C@H](CCC(=O)O)NC(=O)[C@H](CCC(=O)O)NC(=O)[C@H](Cc2c[nH]cn2)NC(=O)[C@H](CCC(=O)O)NC(=O)[C@H](C(C)C)NC(=O)[C@@H]2CCCN2C(=O)[C@H](CCC(=O)O)NC(=O)[C@H](C(O)O)NC1=O. The Hall–Kier alpha value is -8.84. The van der Waals surface area contributed by atoms with E-state index in [0.29, 0.717) is 0 Å². The number of hydrogen-bond acceptors (Lipinski definition) is 21. The molecule has 0 radical (unpaired) electrons. The second-order valence-corrected chi connectivity index (χ2v) is 24.2. The van der Waals surface area contributed by atoms with Crippen LogP contribution in [-0.2, 0) is 83.1 Å². The molecule has 2 fully saturated rings. The van der Waals surface area contributed by atoms with Crippen LogP contribution in [-0.4, -0.2) is 243 Å². The largest absolute Gasteiger partial charge is 0.481 e. The summed E-state index contributed by atoms with van der Waals surface area (Å²) in [6.07, 6.45) is -5.81. The van der Waals surface area contributed by atoms with Gasteiger partial charge >= 0.3 is 29.8 Å². The molecule has 3 rings (SSSR count). The standard InChI is InChI=1S/C57H87N13O23S/c1-27(2)44-53(88)64-33(19-22-94-5)49(84)69-46(57(92)93)55(90)65-34(14-18-42(78)79)56(91)70-21-8-9-37(70)52(87)68-45(28(3)4)54(89)63-32(13-17-41(76)77)48(83)66-36(23-29-25-58-26-60-29)51(86)62-31(12-16-40(74)75)47(82)61-30(11-15-39(72)73)38(71)10-6-7-20-59-35(24-43(80)81)50(85)67-44/h25-28,30-37,44-46,57,59,92-93H,6-24H2,1-5H3,(H,58,60)(H,61,82)(H,62,86)(H,63,89)(H,64,88)(H,65,90)(H,66,83)(H,67,85)(H,68,87)(H,69,84)(H,72,73)(H,74,75)(H,76,77)(H,78,79)(H,80,81)/t30-,31-,32-,33-,34-,35-,36-,37-,44-,45-,46+/m0/s1. The zero-order valence-electron chi connectivity index (χ0n) is 52.6. The molecule has 37 heteroatoms. The van der Waals surface area contributed by atoms with Crippen molar-refractivity contribution in [1.29, 1.82) is 0 Å². The summed E-state index contributed by atoms with van der Waals surface area (Å²) in [5, 5.41) is 93.5. The summed E-state index contributed by atoms with van der Waals surface area (Å²) in [5.41, 5.74) is 0.118. The number of aromatic nitrogens is 2. The summed E-state index contributed by atoms with van der Waals surface area (Å²) in [5.74, 6) is -20.7. The number of rotatable bonds is 22. The van der Waals surface area contributed by atoms with Crippen LogP contribution in [0.3, 0.4) is 0 Å². The van der Waals surface area contributed by atoms with E-state index in [2.05, 4.69) is 63.1 Å². The van der Waals surface area contributed by atoms with E-state index in [9.17, 15) is 112 Å². The molecule has 94 heavy (non-hydrogen) atoms. The number of carboxylic acid groups (broad SMARTS) is 5. The first-order chi connectivity index (χ1) is 44.2. The van der Waals surface area contributed by atoms with Crippen molar-refractivity contribution >= 4 is 106 Å². The predicted molar refractivity (Wildman–Crippen MR) is 326 cm³/mol. The number of H-pyrrole nitrogens is 1. The molecule has 18 N–H and O–H groups in total. The number of nitrogens with one attached hydrogen (secondary N) is 11. The minimum atomic E-state index is -2.72. The van der Waals surface area contributed by atoms with Gasteiger partial charge in [-0.25, -0.2) is 4.98 Å². The summed E-state index contributed by atoms with van der Waals surface area (Å²) in [6, 6.07) is -18.7. The van der Waals surface area contributed by atoms with E-state index in [-0.39, 0.29) is 63.1 Å². The zero-order valence-corrected chi connectivity index (χ0v) is 53.5. The van der Waals surface area contributed by atoms with Gasteiger partial charge in [0, 0.05) is 51.3 Å². The topological polar surface area (TPSA) is 567 Å². The molecular formula is C57H87N13O23S. The molecule has 2 aliphatic rings. The number of Topliss-reactive ketones (excluding diaryl/α,β-unsaturated/α-hetero) is 1. The Balaban J connectivity index is 2.20. The van der Waals surface area contributed by atoms with Crippen LogP contribution in [0, 0.1) is 11.8 Å². The molecule has 1 aromatic heterocycles. The number of aromatic amines is 1. The number of aliphatic hydroxyl groups excluding tert-OH is 1. The third kappa shape index (κ3) is 27.0. The van der Waals surface area contributed by atoms with Crippen LogP contribution < -0.4 is 53.2 Å². The van der Waals surface area contributed by atoms with Gasteiger partial charge in [0.15, 0.2) is 18.1 Å². The second kappa shape index (κ2) is 39.6. The number of imidazole rings is 1. The highest BCUT2D eigenvalue weighted by Gasteiger charge is 2.42. The quantitative estimate of drug-likeness (QED) is 0.0485. The van der Waals surface area contributed by atoms with Crippen LogP contribution in [0.2, 0.25) is 0 Å². The first kappa shape index (κ1) is 79.4. The Morgan fingerprint density at radius 2 is 0.936 bits per heavy atom. The van der Waals surface area contributed by atoms with Crippen molar-refractivity contribution in [2.45, 2.75) is 203 Å². The van der Waals surface area contributed by atoms with E-state index in [1.807, 2.05) is 0 Å². The van der Waals surface area contributed by atoms with Crippen LogP contribution in [0.5, 0.6) is 0 Å². The smallest absolute Gasteiger partial charge is 0.305 e. The molecule has 0 bridgehead atoms. The molecular weight excluding hydrogens is 1270 g/mol. The normalized spacial score (nSPS) is 25.5. The number of carboxylic acids is 5. The number of aliphatic hydroxyl groups is 2. The minimum Gasteiger partial charge on any atom is -0.481 e. The van der Waals surface area contributed by atoms with Crippen LogP contribution >= 0.6 is 11.8 Å². The first-order valence-electron chi connectivity index (χ1n) is 30.5. The molecule has 0 aromatic carbocycles. The molecule has 0 spiro atoms. The number of carbonyl (C=O) groups is 16. The number of amides is 10. The maximum Gasteiger partial charge on any atom is 0.305 e. The molecule has 3 heterocycles. The highest BCUT2D eigenvalue weighted by atomic mass is 32.2. The van der Waals surface area contributed by atoms with Crippen molar-refractivity contribution in [3.8, 4) is 0 Å². The van der Waals surface area contributed by atoms with Gasteiger partial charge in [-0.05, 0) is 88.2 Å². The summed E-state index contributed by atoms with van der Waals surface area (Å²) in [7, 11) is 0. The fraction of sp³-hybridized carbons (Fsp3) is 0.667. The zero-order chi connectivity index (χ0) is 70.5. The van der Waals surface area contributed by atoms with E-state index in [0.717, 1.165) is 4.90 Å². The number of fused-ring (bicyclic) bond motifs is 1. The monoisotopic (exact) mass is 1350 g/mol. The summed E-state index contributed by atoms with van der Waals surface area (Å²) >= 11 is 1.21. The van der Waals surface area contributed by atoms with Crippen LogP contribution in [0.4, 0.5) is 0 Å². The lowest BCUT2D eigenvalue weighted by atomic mass is 10.00. The summed E-state index contributed by atoms with van der Waals surface area (Å²) in [6.45, 7) is 5.61. The van der Waals surface area contributed by atoms with E-state index < -0.39 is 243 Å². The van der Waals surface area contributed by atoms with Gasteiger partial charge < -0.3 is 98.8 Å². The third-order valence-electron chi connectivity index (χ3n) is 15.2. The number of nitrogens with zero attached hydrogens (tertiary/aromatic N) is 2. The minimum absolute atomic E-state index is 0.0318. The van der Waals surface area contributed by atoms with Gasteiger partial charge in [-0.2, -0.15) is 11.8 Å². The number of ketones is 1. The van der Waals surface area contributed by atoms with E-state index in [4.69, 9.17) is 0 Å². The fourth-order valence-electron chi connectivity index (χ4n) is 10.0. The Kier molecular flexibility index (Phi) is 33.5. The van der Waals surface area contributed by atoms with Crippen LogP contribution in [0.15, 0.2) is 12.5 Å². The maximum atomic E-state index is 14.4. The van der Waals surface area contributed by atoms with Crippen molar-refractivity contribution in [3.05, 3.63) is 18.2 Å². The lowest BCUT2D eigenvalue weighted by molar-refractivity contribution is -0.147. The Morgan fingerprint density at radius 3 is 1.43 bits per heavy atom. The average molecular weight is 1350 g/mol. The van der Waals surface area contributed by atoms with E-state index in [1.165, 1.54) is 52.0 Å². The van der Waals surface area contributed by atoms with Gasteiger partial charge in [0.05, 0.1) is 30.5 Å². The van der Waals surface area contributed by atoms with Gasteiger partial charge in [-0.15, -0.1) is 0 Å². The molecule has 11 atom stereocenters. The second-order valence-electron chi connectivity index (χ2n) is 23.2. The summed E-state index contributed by atoms with van der Waals surface area (Å²) < 4.78 is 0. The molecule has 524 valence electrons. The summed E-state index contributed by atoms with van der Waals surface area (Å²) in [4.78, 5) is 223. The highest BCUT2D eigenvalue weighted by Crippen LogP contribution is 2.22. The number of hydrogen-bond donors (Lipinski definition) is 18. The molecule has 2 aliphatic heterocycles. The van der Waals surface area contributed by atoms with Crippen LogP contribution in [0.1, 0.15) is 130 Å². The number of thioether (sulfide) groups is 1. The van der Waals surface area contributed by atoms with Gasteiger partial charge in [0.25, 0.3) is 0 Å². The highest BCUT2D eigenvalue weighted by molar-refractivity contribution is 7.98. The molecule has 0 aliphatic carbocycles. The van der Waals surface area contributed by atoms with Crippen molar-refractivity contribution in [2.24, 2.45) is 11.8 Å². The average Bonchev–Trinajstić information content (AvgIpc) is 1.58. The van der Waals surface area contributed by atoms with Crippen molar-refractivity contribution in [1.82, 2.24) is 68.0 Å². The maximum absolute atomic E-state index is 14.4. The van der Waals surface area contributed by atoms with Crippen molar-refractivity contribution in [3.63, 3.8) is 0 Å². The molecule has 0 saturated carbocycles. The number of carbonyl (C=O) groups excluding carboxylic acids is 11. The Labute approximate surface area is 543 Å². The Bertz CT molecular complexity index is 2860. The predicted octanol–water partition coefficient (Wildman–Crippen LogP) is -4.67. The molecule has 10 amide bonds. The molecule has 36 nitrogen and oxygen atoms in total. The van der Waals surface area contributed by atoms with Gasteiger partial charge in [-0.3, -0.25) is 76.7 Å².